The molecular formula is C15H21BrN4O. The highest BCUT2D eigenvalue weighted by molar-refractivity contribution is 9.10. The van der Waals surface area contributed by atoms with Crippen LogP contribution >= 0.6 is 15.9 Å². The van der Waals surface area contributed by atoms with Crippen LogP contribution in [-0.2, 0) is 20.0 Å². The molecule has 114 valence electrons. The maximum Gasteiger partial charge on any atom is 0.193 e. The van der Waals surface area contributed by atoms with Gasteiger partial charge in [0.1, 0.15) is 5.76 Å². The van der Waals surface area contributed by atoms with E-state index in [1.54, 1.807) is 7.05 Å². The van der Waals surface area contributed by atoms with Gasteiger partial charge in [-0.2, -0.15) is 0 Å². The molecule has 0 spiro atoms. The Morgan fingerprint density at radius 2 is 2.24 bits per heavy atom. The first kappa shape index (κ1) is 15.7. The fourth-order valence-corrected chi connectivity index (χ4v) is 2.49. The summed E-state index contributed by atoms with van der Waals surface area (Å²) in [4.78, 5) is 6.42. The molecule has 2 aromatic heterocycles. The van der Waals surface area contributed by atoms with Gasteiger partial charge in [0.25, 0.3) is 0 Å². The number of hydrogen-bond acceptors (Lipinski definition) is 2. The SMILES string of the molecule is CN=C(NCCc1ccc(Br)o1)N(C)Cc1cccn1C. The van der Waals surface area contributed by atoms with Crippen LogP contribution in [0.3, 0.4) is 0 Å². The Hall–Kier alpha value is -1.69. The average Bonchev–Trinajstić information content (AvgIpc) is 3.04. The molecular weight excluding hydrogens is 332 g/mol. The molecule has 0 bridgehead atoms. The highest BCUT2D eigenvalue weighted by Gasteiger charge is 2.08. The van der Waals surface area contributed by atoms with Crippen LogP contribution < -0.4 is 5.32 Å². The number of aromatic nitrogens is 1. The Morgan fingerprint density at radius 1 is 1.43 bits per heavy atom. The van der Waals surface area contributed by atoms with Crippen molar-refractivity contribution in [1.29, 1.82) is 0 Å². The molecule has 2 aromatic rings. The Labute approximate surface area is 133 Å². The smallest absolute Gasteiger partial charge is 0.193 e. The topological polar surface area (TPSA) is 45.7 Å². The molecule has 0 aliphatic carbocycles. The van der Waals surface area contributed by atoms with Gasteiger partial charge in [-0.15, -0.1) is 0 Å². The minimum absolute atomic E-state index is 0.766. The third-order valence-corrected chi connectivity index (χ3v) is 3.73. The van der Waals surface area contributed by atoms with Gasteiger partial charge in [0.15, 0.2) is 10.6 Å². The van der Waals surface area contributed by atoms with Crippen LogP contribution in [0.5, 0.6) is 0 Å². The molecule has 5 nitrogen and oxygen atoms in total. The van der Waals surface area contributed by atoms with Crippen molar-refractivity contribution in [3.8, 4) is 0 Å². The Morgan fingerprint density at radius 3 is 2.81 bits per heavy atom. The van der Waals surface area contributed by atoms with Crippen molar-refractivity contribution in [3.63, 3.8) is 0 Å². The summed E-state index contributed by atoms with van der Waals surface area (Å²) in [7, 11) is 5.88. The van der Waals surface area contributed by atoms with Gasteiger partial charge in [-0.05, 0) is 40.2 Å². The molecule has 0 aromatic carbocycles. The zero-order valence-electron chi connectivity index (χ0n) is 12.6. The van der Waals surface area contributed by atoms with Crippen molar-refractivity contribution in [3.05, 3.63) is 46.6 Å². The number of hydrogen-bond donors (Lipinski definition) is 1. The molecule has 6 heteroatoms. The average molecular weight is 353 g/mol. The number of furan rings is 1. The number of guanidine groups is 1. The van der Waals surface area contributed by atoms with Crippen LogP contribution in [0.2, 0.25) is 0 Å². The van der Waals surface area contributed by atoms with E-state index in [4.69, 9.17) is 4.42 Å². The number of aryl methyl sites for hydroxylation is 1. The number of aliphatic imine (C=N–C) groups is 1. The molecule has 0 aliphatic heterocycles. The van der Waals surface area contributed by atoms with Crippen LogP contribution in [0.1, 0.15) is 11.5 Å². The molecule has 0 aliphatic rings. The van der Waals surface area contributed by atoms with E-state index in [9.17, 15) is 0 Å². The summed E-state index contributed by atoms with van der Waals surface area (Å²) in [5.41, 5.74) is 1.25. The lowest BCUT2D eigenvalue weighted by molar-refractivity contribution is 0.455. The lowest BCUT2D eigenvalue weighted by atomic mass is 10.3. The molecule has 1 N–H and O–H groups in total. The number of nitrogens with one attached hydrogen (secondary N) is 1. The predicted molar refractivity (Wildman–Crippen MR) is 88.4 cm³/mol. The van der Waals surface area contributed by atoms with Gasteiger partial charge in [0.2, 0.25) is 0 Å². The maximum absolute atomic E-state index is 5.48. The first-order valence-electron chi connectivity index (χ1n) is 6.86. The third-order valence-electron chi connectivity index (χ3n) is 3.31. The second-order valence-corrected chi connectivity index (χ2v) is 5.68. The van der Waals surface area contributed by atoms with E-state index >= 15 is 0 Å². The Balaban J connectivity index is 1.83. The van der Waals surface area contributed by atoms with E-state index in [0.29, 0.717) is 0 Å². The van der Waals surface area contributed by atoms with Gasteiger partial charge < -0.3 is 19.2 Å². The summed E-state index contributed by atoms with van der Waals surface area (Å²) in [6, 6.07) is 8.05. The van der Waals surface area contributed by atoms with E-state index < -0.39 is 0 Å². The fourth-order valence-electron chi connectivity index (χ4n) is 2.15. The highest BCUT2D eigenvalue weighted by atomic mass is 79.9. The fraction of sp³-hybridized carbons (Fsp3) is 0.400. The standard InChI is InChI=1S/C15H21BrN4O/c1-17-15(18-9-8-13-6-7-14(16)21-13)20(3)11-12-5-4-10-19(12)2/h4-7,10H,8-9,11H2,1-3H3,(H,17,18). The molecule has 0 fully saturated rings. The van der Waals surface area contributed by atoms with Crippen molar-refractivity contribution < 1.29 is 4.42 Å². The van der Waals surface area contributed by atoms with Crippen LogP contribution in [0.15, 0.2) is 44.5 Å². The lowest BCUT2D eigenvalue weighted by Crippen LogP contribution is -2.39. The van der Waals surface area contributed by atoms with Crippen molar-refractivity contribution in [2.24, 2.45) is 12.0 Å². The quantitative estimate of drug-likeness (QED) is 0.664. The van der Waals surface area contributed by atoms with E-state index in [1.807, 2.05) is 38.5 Å². The zero-order valence-corrected chi connectivity index (χ0v) is 14.2. The number of nitrogens with zero attached hydrogens (tertiary/aromatic N) is 3. The monoisotopic (exact) mass is 352 g/mol. The Kier molecular flexibility index (Phi) is 5.50. The maximum atomic E-state index is 5.48. The Bertz CT molecular complexity index is 602. The predicted octanol–water partition coefficient (Wildman–Crippen LogP) is 2.63. The van der Waals surface area contributed by atoms with Crippen molar-refractivity contribution >= 4 is 21.9 Å². The summed E-state index contributed by atoms with van der Waals surface area (Å²) in [6.45, 7) is 1.60. The van der Waals surface area contributed by atoms with Gasteiger partial charge in [-0.1, -0.05) is 0 Å². The number of halogens is 1. The van der Waals surface area contributed by atoms with Crippen LogP contribution in [0.4, 0.5) is 0 Å². The zero-order chi connectivity index (χ0) is 15.2. The normalized spacial score (nSPS) is 11.7. The summed E-state index contributed by atoms with van der Waals surface area (Å²) >= 11 is 3.31. The van der Waals surface area contributed by atoms with Gasteiger partial charge in [-0.25, -0.2) is 0 Å². The first-order valence-corrected chi connectivity index (χ1v) is 7.65. The molecule has 2 rings (SSSR count). The summed E-state index contributed by atoms with van der Waals surface area (Å²) < 4.78 is 8.36. The van der Waals surface area contributed by atoms with Crippen LogP contribution in [-0.4, -0.2) is 36.1 Å². The summed E-state index contributed by atoms with van der Waals surface area (Å²) in [5.74, 6) is 1.83. The molecule has 0 atom stereocenters. The molecule has 0 saturated carbocycles. The minimum Gasteiger partial charge on any atom is -0.454 e. The van der Waals surface area contributed by atoms with Crippen molar-refractivity contribution in [2.45, 2.75) is 13.0 Å². The van der Waals surface area contributed by atoms with E-state index in [1.165, 1.54) is 5.69 Å². The minimum atomic E-state index is 0.766. The largest absolute Gasteiger partial charge is 0.454 e. The van der Waals surface area contributed by atoms with Gasteiger partial charge in [0, 0.05) is 46.0 Å². The van der Waals surface area contributed by atoms with Gasteiger partial charge in [-0.3, -0.25) is 4.99 Å². The van der Waals surface area contributed by atoms with E-state index in [0.717, 1.165) is 35.9 Å². The summed E-state index contributed by atoms with van der Waals surface area (Å²) in [5, 5.41) is 3.35. The van der Waals surface area contributed by atoms with Crippen LogP contribution in [0, 0.1) is 0 Å². The second kappa shape index (κ2) is 7.36. The van der Waals surface area contributed by atoms with Gasteiger partial charge >= 0.3 is 0 Å². The molecule has 0 amide bonds. The molecule has 0 saturated heterocycles. The molecule has 0 unspecified atom stereocenters. The molecule has 2 heterocycles. The second-order valence-electron chi connectivity index (χ2n) is 4.90. The van der Waals surface area contributed by atoms with Crippen LogP contribution in [0.25, 0.3) is 0 Å². The van der Waals surface area contributed by atoms with Gasteiger partial charge in [0.05, 0.1) is 6.54 Å². The van der Waals surface area contributed by atoms with Crippen molar-refractivity contribution in [1.82, 2.24) is 14.8 Å². The number of rotatable bonds is 5. The molecule has 0 radical (unpaired) electrons. The van der Waals surface area contributed by atoms with E-state index in [2.05, 4.69) is 41.8 Å². The van der Waals surface area contributed by atoms with Crippen molar-refractivity contribution in [2.75, 3.05) is 20.6 Å². The van der Waals surface area contributed by atoms with E-state index in [-0.39, 0.29) is 0 Å². The highest BCUT2D eigenvalue weighted by Crippen LogP contribution is 2.14. The first-order chi connectivity index (χ1) is 10.1. The molecule has 21 heavy (non-hydrogen) atoms. The third kappa shape index (κ3) is 4.39. The summed E-state index contributed by atoms with van der Waals surface area (Å²) in [6.07, 6.45) is 2.87. The lowest BCUT2D eigenvalue weighted by Gasteiger charge is -2.22.